The SMILES string of the molecule is O=C(Nc1ccc(Cl)c(F)c1)c1ccc2nc[nH]c2c1. The van der Waals surface area contributed by atoms with Crippen LogP contribution >= 0.6 is 11.6 Å². The number of rotatable bonds is 2. The number of fused-ring (bicyclic) bond motifs is 1. The minimum absolute atomic E-state index is 0.0156. The van der Waals surface area contributed by atoms with Crippen molar-refractivity contribution in [3.05, 3.63) is 59.1 Å². The Balaban J connectivity index is 1.86. The summed E-state index contributed by atoms with van der Waals surface area (Å²) >= 11 is 5.59. The molecule has 0 saturated carbocycles. The molecule has 0 saturated heterocycles. The number of imidazole rings is 1. The molecule has 6 heteroatoms. The van der Waals surface area contributed by atoms with Crippen molar-refractivity contribution in [3.63, 3.8) is 0 Å². The summed E-state index contributed by atoms with van der Waals surface area (Å²) in [6.45, 7) is 0. The third-order valence-electron chi connectivity index (χ3n) is 2.86. The van der Waals surface area contributed by atoms with Gasteiger partial charge in [-0.3, -0.25) is 4.79 Å². The van der Waals surface area contributed by atoms with Gasteiger partial charge < -0.3 is 10.3 Å². The van der Waals surface area contributed by atoms with Crippen LogP contribution in [-0.2, 0) is 0 Å². The average molecular weight is 290 g/mol. The van der Waals surface area contributed by atoms with Crippen LogP contribution in [0.4, 0.5) is 10.1 Å². The molecule has 1 aromatic heterocycles. The maximum Gasteiger partial charge on any atom is 0.255 e. The molecule has 2 aromatic carbocycles. The van der Waals surface area contributed by atoms with E-state index in [4.69, 9.17) is 11.6 Å². The molecule has 20 heavy (non-hydrogen) atoms. The van der Waals surface area contributed by atoms with Gasteiger partial charge in [0, 0.05) is 11.3 Å². The number of aromatic amines is 1. The number of aromatic nitrogens is 2. The molecular formula is C14H9ClFN3O. The molecule has 0 radical (unpaired) electrons. The smallest absolute Gasteiger partial charge is 0.255 e. The van der Waals surface area contributed by atoms with Crippen molar-refractivity contribution < 1.29 is 9.18 Å². The number of nitrogens with one attached hydrogen (secondary N) is 2. The summed E-state index contributed by atoms with van der Waals surface area (Å²) in [4.78, 5) is 19.1. The Kier molecular flexibility index (Phi) is 3.12. The van der Waals surface area contributed by atoms with Crippen molar-refractivity contribution in [2.45, 2.75) is 0 Å². The first kappa shape index (κ1) is 12.6. The van der Waals surface area contributed by atoms with Gasteiger partial charge in [-0.25, -0.2) is 9.37 Å². The molecule has 0 bridgehead atoms. The highest BCUT2D eigenvalue weighted by molar-refractivity contribution is 6.30. The molecule has 0 fully saturated rings. The second-order valence-corrected chi connectivity index (χ2v) is 4.62. The molecule has 2 N–H and O–H groups in total. The maximum atomic E-state index is 13.3. The molecule has 0 aliphatic carbocycles. The molecule has 1 heterocycles. The Labute approximate surface area is 118 Å². The van der Waals surface area contributed by atoms with E-state index < -0.39 is 5.82 Å². The van der Waals surface area contributed by atoms with E-state index in [1.165, 1.54) is 18.2 Å². The fourth-order valence-electron chi connectivity index (χ4n) is 1.85. The monoisotopic (exact) mass is 289 g/mol. The van der Waals surface area contributed by atoms with E-state index in [-0.39, 0.29) is 10.9 Å². The van der Waals surface area contributed by atoms with Gasteiger partial charge in [-0.05, 0) is 36.4 Å². The Hall–Kier alpha value is -2.40. The van der Waals surface area contributed by atoms with E-state index >= 15 is 0 Å². The lowest BCUT2D eigenvalue weighted by Crippen LogP contribution is -2.11. The predicted molar refractivity (Wildman–Crippen MR) is 75.5 cm³/mol. The number of nitrogens with zero attached hydrogens (tertiary/aromatic N) is 1. The van der Waals surface area contributed by atoms with Crippen LogP contribution in [0.15, 0.2) is 42.7 Å². The minimum atomic E-state index is -0.575. The van der Waals surface area contributed by atoms with Gasteiger partial charge >= 0.3 is 0 Å². The van der Waals surface area contributed by atoms with E-state index in [2.05, 4.69) is 15.3 Å². The Morgan fingerprint density at radius 1 is 1.25 bits per heavy atom. The third-order valence-corrected chi connectivity index (χ3v) is 3.17. The maximum absolute atomic E-state index is 13.3. The summed E-state index contributed by atoms with van der Waals surface area (Å²) in [6.07, 6.45) is 1.56. The number of amides is 1. The second kappa shape index (κ2) is 4.94. The summed E-state index contributed by atoms with van der Waals surface area (Å²) in [6, 6.07) is 9.19. The van der Waals surface area contributed by atoms with Gasteiger partial charge in [-0.15, -0.1) is 0 Å². The van der Waals surface area contributed by atoms with Gasteiger partial charge in [0.2, 0.25) is 0 Å². The second-order valence-electron chi connectivity index (χ2n) is 4.22. The van der Waals surface area contributed by atoms with Crippen molar-refractivity contribution in [2.75, 3.05) is 5.32 Å². The largest absolute Gasteiger partial charge is 0.345 e. The number of carbonyl (C=O) groups is 1. The summed E-state index contributed by atoms with van der Waals surface area (Å²) in [5, 5.41) is 2.63. The lowest BCUT2D eigenvalue weighted by Gasteiger charge is -2.06. The molecule has 0 spiro atoms. The van der Waals surface area contributed by atoms with Gasteiger partial charge in [0.1, 0.15) is 5.82 Å². The van der Waals surface area contributed by atoms with Crippen LogP contribution in [0.2, 0.25) is 5.02 Å². The van der Waals surface area contributed by atoms with Gasteiger partial charge in [0.05, 0.1) is 22.4 Å². The number of hydrogen-bond donors (Lipinski definition) is 2. The lowest BCUT2D eigenvalue weighted by molar-refractivity contribution is 0.102. The predicted octanol–water partition coefficient (Wildman–Crippen LogP) is 3.61. The summed E-state index contributed by atoms with van der Waals surface area (Å²) in [5.41, 5.74) is 2.35. The zero-order valence-corrected chi connectivity index (χ0v) is 10.9. The van der Waals surface area contributed by atoms with Gasteiger partial charge in [-0.2, -0.15) is 0 Å². The highest BCUT2D eigenvalue weighted by Crippen LogP contribution is 2.19. The fraction of sp³-hybridized carbons (Fsp3) is 0. The van der Waals surface area contributed by atoms with E-state index in [9.17, 15) is 9.18 Å². The Bertz CT molecular complexity index is 800. The number of halogens is 2. The Morgan fingerprint density at radius 2 is 2.10 bits per heavy atom. The fourth-order valence-corrected chi connectivity index (χ4v) is 1.97. The molecule has 3 aromatic rings. The van der Waals surface area contributed by atoms with Crippen LogP contribution in [0.1, 0.15) is 10.4 Å². The normalized spacial score (nSPS) is 10.7. The quantitative estimate of drug-likeness (QED) is 0.757. The summed E-state index contributed by atoms with van der Waals surface area (Å²) in [7, 11) is 0. The molecule has 4 nitrogen and oxygen atoms in total. The average Bonchev–Trinajstić information content (AvgIpc) is 2.90. The molecule has 3 rings (SSSR count). The zero-order chi connectivity index (χ0) is 14.1. The number of carbonyl (C=O) groups excluding carboxylic acids is 1. The number of benzene rings is 2. The van der Waals surface area contributed by atoms with Crippen molar-refractivity contribution in [3.8, 4) is 0 Å². The van der Waals surface area contributed by atoms with Crippen molar-refractivity contribution in [2.24, 2.45) is 0 Å². The van der Waals surface area contributed by atoms with Gasteiger partial charge in [-0.1, -0.05) is 11.6 Å². The highest BCUT2D eigenvalue weighted by atomic mass is 35.5. The van der Waals surface area contributed by atoms with Gasteiger partial charge in [0.25, 0.3) is 5.91 Å². The minimum Gasteiger partial charge on any atom is -0.345 e. The van der Waals surface area contributed by atoms with E-state index in [1.54, 1.807) is 24.5 Å². The van der Waals surface area contributed by atoms with Crippen molar-refractivity contribution in [1.82, 2.24) is 9.97 Å². The lowest BCUT2D eigenvalue weighted by atomic mass is 10.2. The first-order valence-electron chi connectivity index (χ1n) is 5.83. The standard InChI is InChI=1S/C14H9ClFN3O/c15-10-3-2-9(6-11(10)16)19-14(20)8-1-4-12-13(5-8)18-7-17-12/h1-7H,(H,17,18)(H,19,20). The van der Waals surface area contributed by atoms with Crippen molar-refractivity contribution >= 4 is 34.2 Å². The Morgan fingerprint density at radius 3 is 2.90 bits per heavy atom. The van der Waals surface area contributed by atoms with Crippen LogP contribution in [0.3, 0.4) is 0 Å². The van der Waals surface area contributed by atoms with E-state index in [0.29, 0.717) is 11.3 Å². The van der Waals surface area contributed by atoms with Crippen LogP contribution < -0.4 is 5.32 Å². The summed E-state index contributed by atoms with van der Waals surface area (Å²) < 4.78 is 13.3. The van der Waals surface area contributed by atoms with Crippen LogP contribution in [-0.4, -0.2) is 15.9 Å². The molecule has 0 unspecified atom stereocenters. The van der Waals surface area contributed by atoms with Crippen molar-refractivity contribution in [1.29, 1.82) is 0 Å². The molecule has 0 aliphatic rings. The molecular weight excluding hydrogens is 281 g/mol. The molecule has 0 atom stereocenters. The van der Waals surface area contributed by atoms with Gasteiger partial charge in [0.15, 0.2) is 0 Å². The molecule has 100 valence electrons. The zero-order valence-electron chi connectivity index (χ0n) is 10.2. The topological polar surface area (TPSA) is 57.8 Å². The number of H-pyrrole nitrogens is 1. The van der Waals surface area contributed by atoms with E-state index in [0.717, 1.165) is 11.0 Å². The summed E-state index contributed by atoms with van der Waals surface area (Å²) in [5.74, 6) is -0.906. The van der Waals surface area contributed by atoms with Crippen LogP contribution in [0.25, 0.3) is 11.0 Å². The molecule has 0 aliphatic heterocycles. The number of anilines is 1. The molecule has 1 amide bonds. The third kappa shape index (κ3) is 2.35. The van der Waals surface area contributed by atoms with Crippen LogP contribution in [0, 0.1) is 5.82 Å². The first-order valence-corrected chi connectivity index (χ1v) is 6.21. The highest BCUT2D eigenvalue weighted by Gasteiger charge is 2.09. The first-order chi connectivity index (χ1) is 9.63. The number of hydrogen-bond acceptors (Lipinski definition) is 2. The van der Waals surface area contributed by atoms with E-state index in [1.807, 2.05) is 0 Å². The van der Waals surface area contributed by atoms with Crippen LogP contribution in [0.5, 0.6) is 0 Å².